The SMILES string of the molecule is CC(C)COCCCNC(C)C(N)=O. The molecule has 1 atom stereocenters. The molecular formula is C10H22N2O2. The Hall–Kier alpha value is -0.610. The molecule has 0 aliphatic heterocycles. The van der Waals surface area contributed by atoms with Crippen LogP contribution >= 0.6 is 0 Å². The number of carbonyl (C=O) groups is 1. The van der Waals surface area contributed by atoms with Crippen molar-refractivity contribution < 1.29 is 9.53 Å². The summed E-state index contributed by atoms with van der Waals surface area (Å²) in [6.45, 7) is 8.29. The van der Waals surface area contributed by atoms with Gasteiger partial charge in [-0.1, -0.05) is 13.8 Å². The van der Waals surface area contributed by atoms with Gasteiger partial charge < -0.3 is 15.8 Å². The molecule has 3 N–H and O–H groups in total. The minimum atomic E-state index is -0.312. The summed E-state index contributed by atoms with van der Waals surface area (Å²) in [5, 5.41) is 3.02. The first-order valence-electron chi connectivity index (χ1n) is 5.14. The largest absolute Gasteiger partial charge is 0.381 e. The zero-order valence-corrected chi connectivity index (χ0v) is 9.38. The summed E-state index contributed by atoms with van der Waals surface area (Å²) in [6.07, 6.45) is 0.907. The van der Waals surface area contributed by atoms with Gasteiger partial charge in [-0.25, -0.2) is 0 Å². The Morgan fingerprint density at radius 1 is 1.43 bits per heavy atom. The van der Waals surface area contributed by atoms with Crippen molar-refractivity contribution in [3.63, 3.8) is 0 Å². The van der Waals surface area contributed by atoms with E-state index in [-0.39, 0.29) is 11.9 Å². The molecule has 0 fully saturated rings. The first-order valence-corrected chi connectivity index (χ1v) is 5.14. The summed E-state index contributed by atoms with van der Waals surface area (Å²) in [5.74, 6) is 0.264. The van der Waals surface area contributed by atoms with Crippen LogP contribution in [0.15, 0.2) is 0 Å². The van der Waals surface area contributed by atoms with Crippen LogP contribution in [0.3, 0.4) is 0 Å². The normalized spacial score (nSPS) is 13.1. The van der Waals surface area contributed by atoms with Gasteiger partial charge in [0.15, 0.2) is 0 Å². The zero-order chi connectivity index (χ0) is 11.0. The molecule has 0 aromatic rings. The Bertz CT molecular complexity index is 160. The molecule has 1 unspecified atom stereocenters. The molecule has 0 spiro atoms. The van der Waals surface area contributed by atoms with E-state index < -0.39 is 0 Å². The number of nitrogens with one attached hydrogen (secondary N) is 1. The smallest absolute Gasteiger partial charge is 0.234 e. The Kier molecular flexibility index (Phi) is 7.42. The van der Waals surface area contributed by atoms with E-state index in [4.69, 9.17) is 10.5 Å². The van der Waals surface area contributed by atoms with E-state index in [1.165, 1.54) is 0 Å². The van der Waals surface area contributed by atoms with Crippen LogP contribution in [0.4, 0.5) is 0 Å². The standard InChI is InChI=1S/C10H22N2O2/c1-8(2)7-14-6-4-5-12-9(3)10(11)13/h8-9,12H,4-7H2,1-3H3,(H2,11,13). The van der Waals surface area contributed by atoms with Gasteiger partial charge in [-0.05, 0) is 25.8 Å². The molecule has 0 rings (SSSR count). The monoisotopic (exact) mass is 202 g/mol. The molecule has 1 amide bonds. The van der Waals surface area contributed by atoms with Gasteiger partial charge in [0.1, 0.15) is 0 Å². The van der Waals surface area contributed by atoms with E-state index in [9.17, 15) is 4.79 Å². The Morgan fingerprint density at radius 2 is 2.07 bits per heavy atom. The van der Waals surface area contributed by atoms with E-state index in [0.29, 0.717) is 5.92 Å². The third kappa shape index (κ3) is 8.01. The molecule has 0 bridgehead atoms. The molecule has 0 saturated heterocycles. The Labute approximate surface area is 86.2 Å². The molecule has 0 aromatic heterocycles. The summed E-state index contributed by atoms with van der Waals surface area (Å²) in [6, 6.07) is -0.250. The molecule has 84 valence electrons. The molecule has 4 heteroatoms. The average molecular weight is 202 g/mol. The number of hydrogen-bond donors (Lipinski definition) is 2. The first-order chi connectivity index (χ1) is 6.54. The lowest BCUT2D eigenvalue weighted by molar-refractivity contribution is -0.119. The van der Waals surface area contributed by atoms with Gasteiger partial charge in [-0.15, -0.1) is 0 Å². The van der Waals surface area contributed by atoms with Crippen LogP contribution < -0.4 is 11.1 Å². The number of primary amides is 1. The van der Waals surface area contributed by atoms with Gasteiger partial charge in [0.2, 0.25) is 5.91 Å². The van der Waals surface area contributed by atoms with Crippen LogP contribution in [0.1, 0.15) is 27.2 Å². The number of ether oxygens (including phenoxy) is 1. The number of hydrogen-bond acceptors (Lipinski definition) is 3. The van der Waals surface area contributed by atoms with Crippen molar-refractivity contribution in [3.05, 3.63) is 0 Å². The van der Waals surface area contributed by atoms with E-state index in [1.54, 1.807) is 6.92 Å². The minimum Gasteiger partial charge on any atom is -0.381 e. The number of rotatable bonds is 8. The van der Waals surface area contributed by atoms with Crippen molar-refractivity contribution in [1.82, 2.24) is 5.32 Å². The van der Waals surface area contributed by atoms with Gasteiger partial charge in [-0.3, -0.25) is 4.79 Å². The lowest BCUT2D eigenvalue weighted by Gasteiger charge is -2.10. The van der Waals surface area contributed by atoms with E-state index >= 15 is 0 Å². The van der Waals surface area contributed by atoms with Crippen LogP contribution in [0.2, 0.25) is 0 Å². The van der Waals surface area contributed by atoms with Crippen LogP contribution in [0, 0.1) is 5.92 Å². The zero-order valence-electron chi connectivity index (χ0n) is 9.38. The summed E-state index contributed by atoms with van der Waals surface area (Å²) in [7, 11) is 0. The minimum absolute atomic E-state index is 0.250. The van der Waals surface area contributed by atoms with E-state index in [0.717, 1.165) is 26.2 Å². The highest BCUT2D eigenvalue weighted by atomic mass is 16.5. The summed E-state index contributed by atoms with van der Waals surface area (Å²) >= 11 is 0. The first kappa shape index (κ1) is 13.4. The molecule has 0 saturated carbocycles. The second-order valence-corrected chi connectivity index (χ2v) is 3.90. The number of carbonyl (C=O) groups excluding carboxylic acids is 1. The third-order valence-electron chi connectivity index (χ3n) is 1.79. The Balaban J connectivity index is 3.17. The van der Waals surface area contributed by atoms with Crippen molar-refractivity contribution in [3.8, 4) is 0 Å². The molecular weight excluding hydrogens is 180 g/mol. The molecule has 0 aromatic carbocycles. The van der Waals surface area contributed by atoms with Gasteiger partial charge in [0, 0.05) is 13.2 Å². The van der Waals surface area contributed by atoms with Crippen molar-refractivity contribution in [2.45, 2.75) is 33.2 Å². The third-order valence-corrected chi connectivity index (χ3v) is 1.79. The maximum absolute atomic E-state index is 10.6. The predicted molar refractivity (Wildman–Crippen MR) is 56.9 cm³/mol. The second-order valence-electron chi connectivity index (χ2n) is 3.90. The van der Waals surface area contributed by atoms with Gasteiger partial charge in [0.05, 0.1) is 6.04 Å². The number of amides is 1. The summed E-state index contributed by atoms with van der Waals surface area (Å²) in [4.78, 5) is 10.6. The molecule has 0 radical (unpaired) electrons. The quantitative estimate of drug-likeness (QED) is 0.564. The number of nitrogens with two attached hydrogens (primary N) is 1. The van der Waals surface area contributed by atoms with Gasteiger partial charge in [0.25, 0.3) is 0 Å². The highest BCUT2D eigenvalue weighted by Crippen LogP contribution is 1.93. The maximum Gasteiger partial charge on any atom is 0.234 e. The van der Waals surface area contributed by atoms with Gasteiger partial charge in [-0.2, -0.15) is 0 Å². The van der Waals surface area contributed by atoms with Crippen molar-refractivity contribution in [2.24, 2.45) is 11.7 Å². The van der Waals surface area contributed by atoms with E-state index in [1.807, 2.05) is 0 Å². The van der Waals surface area contributed by atoms with Gasteiger partial charge >= 0.3 is 0 Å². The molecule has 14 heavy (non-hydrogen) atoms. The fourth-order valence-electron chi connectivity index (χ4n) is 0.912. The summed E-state index contributed by atoms with van der Waals surface area (Å²) in [5.41, 5.74) is 5.08. The summed E-state index contributed by atoms with van der Waals surface area (Å²) < 4.78 is 5.38. The van der Waals surface area contributed by atoms with Crippen LogP contribution in [-0.4, -0.2) is 31.7 Å². The van der Waals surface area contributed by atoms with E-state index in [2.05, 4.69) is 19.2 Å². The lowest BCUT2D eigenvalue weighted by Crippen LogP contribution is -2.39. The molecule has 0 heterocycles. The second kappa shape index (κ2) is 7.76. The van der Waals surface area contributed by atoms with Crippen LogP contribution in [-0.2, 0) is 9.53 Å². The highest BCUT2D eigenvalue weighted by molar-refractivity contribution is 5.79. The van der Waals surface area contributed by atoms with Crippen molar-refractivity contribution in [2.75, 3.05) is 19.8 Å². The molecule has 0 aliphatic carbocycles. The Morgan fingerprint density at radius 3 is 2.57 bits per heavy atom. The molecule has 0 aliphatic rings. The van der Waals surface area contributed by atoms with Crippen LogP contribution in [0.25, 0.3) is 0 Å². The average Bonchev–Trinajstić information content (AvgIpc) is 2.09. The fraction of sp³-hybridized carbons (Fsp3) is 0.900. The highest BCUT2D eigenvalue weighted by Gasteiger charge is 2.05. The van der Waals surface area contributed by atoms with Crippen molar-refractivity contribution in [1.29, 1.82) is 0 Å². The van der Waals surface area contributed by atoms with Crippen LogP contribution in [0.5, 0.6) is 0 Å². The fourth-order valence-corrected chi connectivity index (χ4v) is 0.912. The lowest BCUT2D eigenvalue weighted by atomic mass is 10.2. The maximum atomic E-state index is 10.6. The molecule has 4 nitrogen and oxygen atoms in total. The predicted octanol–water partition coefficient (Wildman–Crippen LogP) is 0.513. The topological polar surface area (TPSA) is 64.3 Å². The van der Waals surface area contributed by atoms with Crippen molar-refractivity contribution >= 4 is 5.91 Å².